The van der Waals surface area contributed by atoms with Gasteiger partial charge in [-0.3, -0.25) is 0 Å². The van der Waals surface area contributed by atoms with Crippen LogP contribution in [0, 0.1) is 11.8 Å². The van der Waals surface area contributed by atoms with Crippen LogP contribution in [-0.4, -0.2) is 6.61 Å². The molecule has 0 spiro atoms. The second-order valence-corrected chi connectivity index (χ2v) is 6.85. The number of rotatable bonds is 8. The number of allylic oxidation sites excluding steroid dienone is 2. The van der Waals surface area contributed by atoms with E-state index in [0.717, 1.165) is 30.6 Å². The predicted molar refractivity (Wildman–Crippen MR) is 96.2 cm³/mol. The lowest BCUT2D eigenvalue weighted by atomic mass is 9.81. The standard InChI is InChI=1S/C21H32O/c1-4-6-15-22-21-13-11-20(12-14-21)19-9-7-18(8-10-19)16-17(3)5-2/h9,11-14,17-18H,4-8,10,15-16H2,1-3H3. The van der Waals surface area contributed by atoms with Crippen LogP contribution in [0.2, 0.25) is 0 Å². The topological polar surface area (TPSA) is 9.23 Å². The van der Waals surface area contributed by atoms with Crippen LogP contribution in [0.15, 0.2) is 30.3 Å². The van der Waals surface area contributed by atoms with Crippen molar-refractivity contribution in [2.45, 2.75) is 65.7 Å². The molecule has 1 nitrogen and oxygen atoms in total. The van der Waals surface area contributed by atoms with E-state index in [9.17, 15) is 0 Å². The van der Waals surface area contributed by atoms with Crippen LogP contribution in [-0.2, 0) is 0 Å². The minimum atomic E-state index is 0.829. The summed E-state index contributed by atoms with van der Waals surface area (Å²) in [6.07, 6.45) is 11.3. The summed E-state index contributed by atoms with van der Waals surface area (Å²) in [5.74, 6) is 2.78. The highest BCUT2D eigenvalue weighted by atomic mass is 16.5. The van der Waals surface area contributed by atoms with E-state index in [4.69, 9.17) is 4.74 Å². The van der Waals surface area contributed by atoms with Crippen LogP contribution < -0.4 is 4.74 Å². The second-order valence-electron chi connectivity index (χ2n) is 6.85. The summed E-state index contributed by atoms with van der Waals surface area (Å²) in [5, 5.41) is 0. The third-order valence-electron chi connectivity index (χ3n) is 4.94. The molecule has 0 aromatic heterocycles. The summed E-state index contributed by atoms with van der Waals surface area (Å²) in [7, 11) is 0. The van der Waals surface area contributed by atoms with Gasteiger partial charge in [0.15, 0.2) is 0 Å². The number of ether oxygens (including phenoxy) is 1. The van der Waals surface area contributed by atoms with Gasteiger partial charge in [-0.05, 0) is 67.2 Å². The molecule has 2 unspecified atom stereocenters. The van der Waals surface area contributed by atoms with Crippen LogP contribution in [0.1, 0.15) is 71.3 Å². The zero-order valence-electron chi connectivity index (χ0n) is 14.6. The largest absolute Gasteiger partial charge is 0.494 e. The van der Waals surface area contributed by atoms with Crippen LogP contribution in [0.25, 0.3) is 5.57 Å². The molecule has 0 radical (unpaired) electrons. The fourth-order valence-corrected chi connectivity index (χ4v) is 3.20. The van der Waals surface area contributed by atoms with Crippen molar-refractivity contribution in [3.8, 4) is 5.75 Å². The van der Waals surface area contributed by atoms with E-state index in [1.807, 2.05) is 0 Å². The Kier molecular flexibility index (Phi) is 7.02. The van der Waals surface area contributed by atoms with E-state index in [-0.39, 0.29) is 0 Å². The monoisotopic (exact) mass is 300 g/mol. The number of hydrogen-bond acceptors (Lipinski definition) is 1. The Balaban J connectivity index is 1.87. The van der Waals surface area contributed by atoms with Gasteiger partial charge >= 0.3 is 0 Å². The van der Waals surface area contributed by atoms with Crippen molar-refractivity contribution in [1.29, 1.82) is 0 Å². The molecule has 1 heteroatoms. The first-order chi connectivity index (χ1) is 10.7. The number of unbranched alkanes of at least 4 members (excludes halogenated alkanes) is 1. The molecule has 22 heavy (non-hydrogen) atoms. The maximum Gasteiger partial charge on any atom is 0.119 e. The summed E-state index contributed by atoms with van der Waals surface area (Å²) in [4.78, 5) is 0. The van der Waals surface area contributed by atoms with E-state index < -0.39 is 0 Å². The summed E-state index contributed by atoms with van der Waals surface area (Å²) < 4.78 is 5.74. The smallest absolute Gasteiger partial charge is 0.119 e. The van der Waals surface area contributed by atoms with Gasteiger partial charge in [0.25, 0.3) is 0 Å². The van der Waals surface area contributed by atoms with Gasteiger partial charge in [-0.15, -0.1) is 0 Å². The highest BCUT2D eigenvalue weighted by Gasteiger charge is 2.17. The van der Waals surface area contributed by atoms with Crippen molar-refractivity contribution in [3.05, 3.63) is 35.9 Å². The molecule has 122 valence electrons. The first kappa shape index (κ1) is 17.1. The highest BCUT2D eigenvalue weighted by Crippen LogP contribution is 2.34. The first-order valence-electron chi connectivity index (χ1n) is 9.15. The summed E-state index contributed by atoms with van der Waals surface area (Å²) in [5.41, 5.74) is 2.91. The van der Waals surface area contributed by atoms with Gasteiger partial charge in [0.1, 0.15) is 5.75 Å². The molecule has 0 saturated carbocycles. The van der Waals surface area contributed by atoms with E-state index >= 15 is 0 Å². The first-order valence-corrected chi connectivity index (χ1v) is 9.15. The molecule has 0 fully saturated rings. The quantitative estimate of drug-likeness (QED) is 0.499. The van der Waals surface area contributed by atoms with Crippen molar-refractivity contribution in [1.82, 2.24) is 0 Å². The number of benzene rings is 1. The molecular weight excluding hydrogens is 268 g/mol. The van der Waals surface area contributed by atoms with E-state index in [1.54, 1.807) is 0 Å². The van der Waals surface area contributed by atoms with Crippen molar-refractivity contribution in [2.24, 2.45) is 11.8 Å². The Bertz CT molecular complexity index is 457. The van der Waals surface area contributed by atoms with Crippen LogP contribution in [0.5, 0.6) is 5.75 Å². The molecule has 1 aromatic rings. The molecule has 0 aliphatic heterocycles. The third kappa shape index (κ3) is 5.19. The average Bonchev–Trinajstić information content (AvgIpc) is 2.56. The van der Waals surface area contributed by atoms with Gasteiger partial charge < -0.3 is 4.74 Å². The molecule has 0 bridgehead atoms. The van der Waals surface area contributed by atoms with Gasteiger partial charge in [0.05, 0.1) is 6.61 Å². The SMILES string of the molecule is CCCCOc1ccc(C2=CCC(CC(C)CC)CC2)cc1. The molecule has 2 atom stereocenters. The van der Waals surface area contributed by atoms with Crippen molar-refractivity contribution in [3.63, 3.8) is 0 Å². The zero-order valence-corrected chi connectivity index (χ0v) is 14.6. The lowest BCUT2D eigenvalue weighted by Crippen LogP contribution is -2.09. The average molecular weight is 300 g/mol. The van der Waals surface area contributed by atoms with E-state index in [2.05, 4.69) is 51.1 Å². The summed E-state index contributed by atoms with van der Waals surface area (Å²) >= 11 is 0. The molecule has 1 aliphatic carbocycles. The third-order valence-corrected chi connectivity index (χ3v) is 4.94. The van der Waals surface area contributed by atoms with Gasteiger partial charge in [-0.25, -0.2) is 0 Å². The Morgan fingerprint density at radius 3 is 2.55 bits per heavy atom. The normalized spacial score (nSPS) is 19.6. The van der Waals surface area contributed by atoms with Crippen molar-refractivity contribution < 1.29 is 4.74 Å². The zero-order chi connectivity index (χ0) is 15.8. The van der Waals surface area contributed by atoms with Crippen LogP contribution >= 0.6 is 0 Å². The molecule has 1 aromatic carbocycles. The molecule has 0 N–H and O–H groups in total. The van der Waals surface area contributed by atoms with Crippen LogP contribution in [0.3, 0.4) is 0 Å². The van der Waals surface area contributed by atoms with Gasteiger partial charge in [-0.1, -0.05) is 51.8 Å². The van der Waals surface area contributed by atoms with Crippen LogP contribution in [0.4, 0.5) is 0 Å². The second kappa shape index (κ2) is 9.02. The fraction of sp³-hybridized carbons (Fsp3) is 0.619. The predicted octanol–water partition coefficient (Wildman–Crippen LogP) is 6.49. The minimum Gasteiger partial charge on any atom is -0.494 e. The molecule has 2 rings (SSSR count). The maximum absolute atomic E-state index is 5.74. The van der Waals surface area contributed by atoms with E-state index in [0.29, 0.717) is 0 Å². The van der Waals surface area contributed by atoms with Crippen molar-refractivity contribution >= 4 is 5.57 Å². The lowest BCUT2D eigenvalue weighted by Gasteiger charge is -2.24. The Morgan fingerprint density at radius 1 is 1.18 bits per heavy atom. The maximum atomic E-state index is 5.74. The fourth-order valence-electron chi connectivity index (χ4n) is 3.20. The van der Waals surface area contributed by atoms with Gasteiger partial charge in [-0.2, -0.15) is 0 Å². The Morgan fingerprint density at radius 2 is 1.95 bits per heavy atom. The van der Waals surface area contributed by atoms with E-state index in [1.165, 1.54) is 49.7 Å². The highest BCUT2D eigenvalue weighted by molar-refractivity contribution is 5.66. The van der Waals surface area contributed by atoms with Gasteiger partial charge in [0, 0.05) is 0 Å². The molecule has 0 amide bonds. The summed E-state index contributed by atoms with van der Waals surface area (Å²) in [6.45, 7) is 7.71. The lowest BCUT2D eigenvalue weighted by molar-refractivity contribution is 0.309. The Labute approximate surface area is 136 Å². The Hall–Kier alpha value is -1.24. The summed E-state index contributed by atoms with van der Waals surface area (Å²) in [6, 6.07) is 8.69. The van der Waals surface area contributed by atoms with Gasteiger partial charge in [0.2, 0.25) is 0 Å². The number of hydrogen-bond donors (Lipinski definition) is 0. The molecule has 0 heterocycles. The minimum absolute atomic E-state index is 0.829. The van der Waals surface area contributed by atoms with Crippen molar-refractivity contribution in [2.75, 3.05) is 6.61 Å². The molecular formula is C21H32O. The molecule has 0 saturated heterocycles. The molecule has 1 aliphatic rings.